The quantitative estimate of drug-likeness (QED) is 0.342. The summed E-state index contributed by atoms with van der Waals surface area (Å²) >= 11 is 0. The van der Waals surface area contributed by atoms with Crippen molar-refractivity contribution in [2.45, 2.75) is 6.54 Å². The zero-order valence-corrected chi connectivity index (χ0v) is 9.28. The second-order valence-corrected chi connectivity index (χ2v) is 4.89. The highest BCUT2D eigenvalue weighted by molar-refractivity contribution is 8.75. The van der Waals surface area contributed by atoms with Gasteiger partial charge in [-0.25, -0.2) is 9.10 Å². The van der Waals surface area contributed by atoms with E-state index < -0.39 is 6.16 Å². The highest BCUT2D eigenvalue weighted by Gasteiger charge is 2.12. The maximum Gasteiger partial charge on any atom is 0.411 e. The number of carbonyl (C=O) groups excluding carboxylic acids is 1. The van der Waals surface area contributed by atoms with Gasteiger partial charge in [-0.1, -0.05) is 41.1 Å². The molecule has 0 heterocycles. The van der Waals surface area contributed by atoms with E-state index in [1.54, 1.807) is 6.26 Å². The van der Waals surface area contributed by atoms with Crippen LogP contribution in [-0.2, 0) is 6.54 Å². The molecule has 1 aromatic carbocycles. The van der Waals surface area contributed by atoms with Crippen molar-refractivity contribution >= 4 is 27.9 Å². The summed E-state index contributed by atoms with van der Waals surface area (Å²) in [7, 11) is 2.44. The molecular weight excluding hydrogens is 221 g/mol. The monoisotopic (exact) mass is 231 g/mol. The SMILES string of the molecule is CSSN(Cc1ccccc1)C(=O)F. The highest BCUT2D eigenvalue weighted by Crippen LogP contribution is 2.25. The average molecular weight is 231 g/mol. The molecule has 2 nitrogen and oxygen atoms in total. The Labute approximate surface area is 90.4 Å². The first-order valence-corrected chi connectivity index (χ1v) is 6.47. The van der Waals surface area contributed by atoms with Crippen LogP contribution in [0.4, 0.5) is 9.18 Å². The number of halogens is 1. The van der Waals surface area contributed by atoms with Crippen molar-refractivity contribution < 1.29 is 9.18 Å². The van der Waals surface area contributed by atoms with Gasteiger partial charge in [0.1, 0.15) is 0 Å². The fraction of sp³-hybridized carbons (Fsp3) is 0.222. The Kier molecular flexibility index (Phi) is 4.82. The minimum atomic E-state index is -1.41. The second kappa shape index (κ2) is 5.93. The highest BCUT2D eigenvalue weighted by atomic mass is 33.1. The summed E-state index contributed by atoms with van der Waals surface area (Å²) < 4.78 is 13.6. The summed E-state index contributed by atoms with van der Waals surface area (Å²) in [5.74, 6) is 0. The number of benzene rings is 1. The summed E-state index contributed by atoms with van der Waals surface area (Å²) in [5, 5.41) is 0. The van der Waals surface area contributed by atoms with Crippen LogP contribution in [0.15, 0.2) is 30.3 Å². The molecule has 0 bridgehead atoms. The molecule has 1 aromatic rings. The molecule has 1 amide bonds. The first-order chi connectivity index (χ1) is 6.74. The number of rotatable bonds is 4. The third-order valence-corrected chi connectivity index (χ3v) is 3.12. The van der Waals surface area contributed by atoms with Crippen molar-refractivity contribution in [3.05, 3.63) is 35.9 Å². The average Bonchev–Trinajstić information content (AvgIpc) is 2.18. The van der Waals surface area contributed by atoms with E-state index in [0.717, 1.165) is 20.8 Å². The summed E-state index contributed by atoms with van der Waals surface area (Å²) in [4.78, 5) is 10.6. The van der Waals surface area contributed by atoms with Gasteiger partial charge in [0.15, 0.2) is 0 Å². The molecule has 0 aliphatic heterocycles. The van der Waals surface area contributed by atoms with E-state index >= 15 is 0 Å². The van der Waals surface area contributed by atoms with Gasteiger partial charge in [-0.2, -0.15) is 0 Å². The summed E-state index contributed by atoms with van der Waals surface area (Å²) in [6.07, 6.45) is 0.388. The molecule has 0 aromatic heterocycles. The maximum atomic E-state index is 12.5. The normalized spacial score (nSPS) is 9.86. The molecule has 14 heavy (non-hydrogen) atoms. The van der Waals surface area contributed by atoms with Gasteiger partial charge in [0, 0.05) is 11.0 Å². The van der Waals surface area contributed by atoms with Gasteiger partial charge in [-0.05, 0) is 11.8 Å². The molecule has 0 aliphatic carbocycles. The Hall–Kier alpha value is -0.680. The number of hydrogen-bond acceptors (Lipinski definition) is 3. The fourth-order valence-corrected chi connectivity index (χ4v) is 2.27. The third kappa shape index (κ3) is 3.59. The van der Waals surface area contributed by atoms with Crippen LogP contribution in [0.1, 0.15) is 5.56 Å². The van der Waals surface area contributed by atoms with Gasteiger partial charge >= 0.3 is 6.16 Å². The molecule has 0 saturated heterocycles. The Balaban J connectivity index is 2.60. The van der Waals surface area contributed by atoms with Crippen molar-refractivity contribution in [2.24, 2.45) is 0 Å². The van der Waals surface area contributed by atoms with Crippen molar-refractivity contribution in [1.82, 2.24) is 4.31 Å². The lowest BCUT2D eigenvalue weighted by atomic mass is 10.2. The van der Waals surface area contributed by atoms with Crippen LogP contribution in [0, 0.1) is 0 Å². The lowest BCUT2D eigenvalue weighted by molar-refractivity contribution is 0.203. The largest absolute Gasteiger partial charge is 0.411 e. The van der Waals surface area contributed by atoms with E-state index in [1.807, 2.05) is 30.3 Å². The van der Waals surface area contributed by atoms with Gasteiger partial charge in [-0.3, -0.25) is 0 Å². The molecule has 1 rings (SSSR count). The first kappa shape index (κ1) is 11.4. The molecule has 0 unspecified atom stereocenters. The van der Waals surface area contributed by atoms with Crippen LogP contribution in [0.2, 0.25) is 0 Å². The van der Waals surface area contributed by atoms with Gasteiger partial charge in [0.25, 0.3) is 0 Å². The molecular formula is C9H10FNOS2. The van der Waals surface area contributed by atoms with E-state index in [9.17, 15) is 9.18 Å². The Bertz CT molecular complexity index is 294. The van der Waals surface area contributed by atoms with Gasteiger partial charge < -0.3 is 0 Å². The van der Waals surface area contributed by atoms with Crippen molar-refractivity contribution in [1.29, 1.82) is 0 Å². The smallest absolute Gasteiger partial charge is 0.244 e. The molecule has 76 valence electrons. The van der Waals surface area contributed by atoms with Gasteiger partial charge in [0.05, 0.1) is 6.54 Å². The lowest BCUT2D eigenvalue weighted by Crippen LogP contribution is -2.17. The van der Waals surface area contributed by atoms with E-state index in [0.29, 0.717) is 6.54 Å². The molecule has 5 heteroatoms. The van der Waals surface area contributed by atoms with Crippen molar-refractivity contribution in [2.75, 3.05) is 6.26 Å². The minimum absolute atomic E-state index is 0.293. The van der Waals surface area contributed by atoms with Gasteiger partial charge in [0.2, 0.25) is 0 Å². The van der Waals surface area contributed by atoms with Crippen LogP contribution < -0.4 is 0 Å². The Morgan fingerprint density at radius 3 is 2.57 bits per heavy atom. The molecule has 0 saturated carbocycles. The van der Waals surface area contributed by atoms with Crippen molar-refractivity contribution in [3.8, 4) is 0 Å². The molecule has 0 radical (unpaired) electrons. The zero-order valence-electron chi connectivity index (χ0n) is 7.64. The number of carbonyl (C=O) groups is 1. The summed E-state index contributed by atoms with van der Waals surface area (Å²) in [6.45, 7) is 0.293. The molecule has 0 fully saturated rings. The standard InChI is InChI=1S/C9H10FNOS2/c1-13-14-11(9(10)12)7-8-5-3-2-4-6-8/h2-6H,7H2,1H3. The first-order valence-electron chi connectivity index (χ1n) is 3.95. The summed E-state index contributed by atoms with van der Waals surface area (Å²) in [6, 6.07) is 9.32. The van der Waals surface area contributed by atoms with Crippen LogP contribution >= 0.6 is 21.8 Å². The molecule has 0 spiro atoms. The topological polar surface area (TPSA) is 20.3 Å². The minimum Gasteiger partial charge on any atom is -0.244 e. The summed E-state index contributed by atoms with van der Waals surface area (Å²) in [5.41, 5.74) is 0.917. The predicted octanol–water partition coefficient (Wildman–Crippen LogP) is 3.50. The van der Waals surface area contributed by atoms with Gasteiger partial charge in [-0.15, -0.1) is 4.39 Å². The van der Waals surface area contributed by atoms with Crippen LogP contribution in [0.25, 0.3) is 0 Å². The number of amides is 1. The van der Waals surface area contributed by atoms with Crippen molar-refractivity contribution in [3.63, 3.8) is 0 Å². The molecule has 0 N–H and O–H groups in total. The van der Waals surface area contributed by atoms with E-state index in [-0.39, 0.29) is 0 Å². The van der Waals surface area contributed by atoms with Crippen LogP contribution in [0.3, 0.4) is 0 Å². The van der Waals surface area contributed by atoms with E-state index in [1.165, 1.54) is 10.8 Å². The zero-order chi connectivity index (χ0) is 10.4. The lowest BCUT2D eigenvalue weighted by Gasteiger charge is -2.14. The number of hydrogen-bond donors (Lipinski definition) is 0. The third-order valence-electron chi connectivity index (χ3n) is 1.53. The fourth-order valence-electron chi connectivity index (χ4n) is 0.957. The van der Waals surface area contributed by atoms with E-state index in [2.05, 4.69) is 0 Å². The maximum absolute atomic E-state index is 12.5. The Morgan fingerprint density at radius 1 is 1.43 bits per heavy atom. The van der Waals surface area contributed by atoms with Crippen LogP contribution in [0.5, 0.6) is 0 Å². The number of nitrogens with zero attached hydrogens (tertiary/aromatic N) is 1. The second-order valence-electron chi connectivity index (χ2n) is 2.52. The molecule has 0 atom stereocenters. The van der Waals surface area contributed by atoms with Crippen LogP contribution in [-0.4, -0.2) is 16.7 Å². The predicted molar refractivity (Wildman–Crippen MR) is 59.6 cm³/mol. The van der Waals surface area contributed by atoms with E-state index in [4.69, 9.17) is 0 Å². The Morgan fingerprint density at radius 2 is 2.07 bits per heavy atom. The molecule has 0 aliphatic rings.